The molecule has 0 fully saturated rings. The average molecular weight is 439 g/mol. The molecule has 9 heteroatoms. The van der Waals surface area contributed by atoms with E-state index in [-0.39, 0.29) is 17.6 Å². The number of carbonyl (C=O) groups excluding carboxylic acids is 2. The van der Waals surface area contributed by atoms with Gasteiger partial charge >= 0.3 is 5.97 Å². The predicted octanol–water partition coefficient (Wildman–Crippen LogP) is 2.81. The maximum atomic E-state index is 12.9. The van der Waals surface area contributed by atoms with Crippen LogP contribution in [0.2, 0.25) is 0 Å². The van der Waals surface area contributed by atoms with Gasteiger partial charge < -0.3 is 14.2 Å². The molecular weight excluding hydrogens is 418 g/mol. The van der Waals surface area contributed by atoms with Crippen LogP contribution < -0.4 is 9.47 Å². The molecule has 0 radical (unpaired) electrons. The Morgan fingerprint density at radius 1 is 1.06 bits per heavy atom. The number of rotatable bonds is 6. The number of carbonyl (C=O) groups is 2. The van der Waals surface area contributed by atoms with Gasteiger partial charge in [0.15, 0.2) is 16.7 Å². The molecule has 0 spiro atoms. The minimum Gasteiger partial charge on any atom is -0.493 e. The number of fused-ring (bicyclic) bond motifs is 3. The lowest BCUT2D eigenvalue weighted by Gasteiger charge is -2.31. The van der Waals surface area contributed by atoms with Gasteiger partial charge in [-0.3, -0.25) is 14.5 Å². The maximum Gasteiger partial charge on any atom is 0.316 e. The van der Waals surface area contributed by atoms with E-state index in [4.69, 9.17) is 19.2 Å². The third-order valence-electron chi connectivity index (χ3n) is 5.02. The van der Waals surface area contributed by atoms with Crippen LogP contribution in [0.25, 0.3) is 0 Å². The topological polar surface area (TPSA) is 89.8 Å². The summed E-state index contributed by atoms with van der Waals surface area (Å²) >= 11 is 1.21. The Morgan fingerprint density at radius 3 is 2.45 bits per heavy atom. The van der Waals surface area contributed by atoms with Gasteiger partial charge in [0.05, 0.1) is 32.8 Å². The van der Waals surface area contributed by atoms with E-state index in [2.05, 4.69) is 4.99 Å². The predicted molar refractivity (Wildman–Crippen MR) is 118 cm³/mol. The summed E-state index contributed by atoms with van der Waals surface area (Å²) in [5.41, 5.74) is 2.27. The number of ether oxygens (including phenoxy) is 3. The maximum absolute atomic E-state index is 12.9. The molecule has 2 aliphatic rings. The Kier molecular flexibility index (Phi) is 5.94. The summed E-state index contributed by atoms with van der Waals surface area (Å²) in [4.78, 5) is 35.6. The zero-order valence-electron chi connectivity index (χ0n) is 17.3. The summed E-state index contributed by atoms with van der Waals surface area (Å²) in [5, 5.41) is 0.510. The molecule has 4 rings (SSSR count). The SMILES string of the molecule is COC(=O)CSC1=Nc2cc(OC)c(OC)cc2C2=NC(=O)C(Cc3ccccc3)N12. The minimum atomic E-state index is -0.553. The van der Waals surface area contributed by atoms with Crippen molar-refractivity contribution in [3.8, 4) is 11.5 Å². The van der Waals surface area contributed by atoms with Crippen LogP contribution in [0.15, 0.2) is 52.4 Å². The van der Waals surface area contributed by atoms with E-state index < -0.39 is 6.04 Å². The highest BCUT2D eigenvalue weighted by Crippen LogP contribution is 2.41. The first-order valence-electron chi connectivity index (χ1n) is 9.56. The molecule has 2 heterocycles. The van der Waals surface area contributed by atoms with Crippen LogP contribution in [-0.2, 0) is 20.7 Å². The van der Waals surface area contributed by atoms with E-state index in [1.54, 1.807) is 31.3 Å². The molecule has 0 N–H and O–H groups in total. The Balaban J connectivity index is 1.77. The van der Waals surface area contributed by atoms with Gasteiger partial charge in [-0.15, -0.1) is 0 Å². The van der Waals surface area contributed by atoms with Crippen LogP contribution >= 0.6 is 11.8 Å². The molecule has 0 aliphatic carbocycles. The first-order chi connectivity index (χ1) is 15.0. The summed E-state index contributed by atoms with van der Waals surface area (Å²) in [7, 11) is 4.43. The van der Waals surface area contributed by atoms with Crippen LogP contribution in [0.1, 0.15) is 11.1 Å². The van der Waals surface area contributed by atoms with Gasteiger partial charge in [-0.25, -0.2) is 4.99 Å². The lowest BCUT2D eigenvalue weighted by molar-refractivity contribution is -0.137. The van der Waals surface area contributed by atoms with Gasteiger partial charge in [0, 0.05) is 18.1 Å². The summed E-state index contributed by atoms with van der Waals surface area (Å²) in [6.45, 7) is 0. The van der Waals surface area contributed by atoms with Gasteiger partial charge in [0.25, 0.3) is 5.91 Å². The number of amides is 1. The smallest absolute Gasteiger partial charge is 0.316 e. The Morgan fingerprint density at radius 2 is 1.77 bits per heavy atom. The quantitative estimate of drug-likeness (QED) is 0.640. The number of methoxy groups -OCH3 is 3. The average Bonchev–Trinajstić information content (AvgIpc) is 3.13. The van der Waals surface area contributed by atoms with E-state index in [9.17, 15) is 9.59 Å². The molecule has 0 aromatic heterocycles. The Labute approximate surface area is 183 Å². The third-order valence-corrected chi connectivity index (χ3v) is 5.95. The number of hydrogen-bond donors (Lipinski definition) is 0. The number of nitrogens with zero attached hydrogens (tertiary/aromatic N) is 3. The van der Waals surface area contributed by atoms with E-state index in [1.165, 1.54) is 18.9 Å². The molecule has 31 heavy (non-hydrogen) atoms. The summed E-state index contributed by atoms with van der Waals surface area (Å²) in [6.07, 6.45) is 0.465. The highest BCUT2D eigenvalue weighted by molar-refractivity contribution is 8.14. The largest absolute Gasteiger partial charge is 0.493 e. The van der Waals surface area contributed by atoms with Gasteiger partial charge in [-0.2, -0.15) is 4.99 Å². The van der Waals surface area contributed by atoms with Crippen LogP contribution in [0.5, 0.6) is 11.5 Å². The van der Waals surface area contributed by atoms with E-state index in [1.807, 2.05) is 30.3 Å². The molecule has 0 saturated heterocycles. The molecule has 1 amide bonds. The van der Waals surface area contributed by atoms with Crippen LogP contribution in [0, 0.1) is 0 Å². The molecule has 2 aromatic rings. The standard InChI is InChI=1S/C22H21N3O5S/c1-28-17-10-14-15(11-18(17)29-2)23-22(31-12-19(26)30-3)25-16(21(27)24-20(14)25)9-13-7-5-4-6-8-13/h4-8,10-11,16H,9,12H2,1-3H3. The zero-order valence-corrected chi connectivity index (χ0v) is 18.1. The van der Waals surface area contributed by atoms with Crippen molar-refractivity contribution in [3.63, 3.8) is 0 Å². The number of hydrogen-bond acceptors (Lipinski definition) is 8. The normalized spacial score (nSPS) is 16.8. The van der Waals surface area contributed by atoms with Crippen molar-refractivity contribution >= 4 is 40.3 Å². The van der Waals surface area contributed by atoms with Gasteiger partial charge in [-0.05, 0) is 11.6 Å². The van der Waals surface area contributed by atoms with Crippen LogP contribution in [-0.4, -0.2) is 60.9 Å². The van der Waals surface area contributed by atoms with Crippen LogP contribution in [0.3, 0.4) is 0 Å². The Hall–Kier alpha value is -3.33. The molecule has 2 aromatic carbocycles. The number of thioether (sulfide) groups is 1. The van der Waals surface area contributed by atoms with E-state index >= 15 is 0 Å². The molecule has 0 saturated carbocycles. The number of aliphatic imine (C=N–C) groups is 2. The molecule has 8 nitrogen and oxygen atoms in total. The van der Waals surface area contributed by atoms with Crippen LogP contribution in [0.4, 0.5) is 5.69 Å². The zero-order chi connectivity index (χ0) is 22.0. The summed E-state index contributed by atoms with van der Waals surface area (Å²) < 4.78 is 15.6. The number of benzene rings is 2. The van der Waals surface area contributed by atoms with Crippen molar-refractivity contribution in [2.45, 2.75) is 12.5 Å². The molecule has 2 aliphatic heterocycles. The van der Waals surface area contributed by atoms with Crippen molar-refractivity contribution in [2.75, 3.05) is 27.1 Å². The van der Waals surface area contributed by atoms with Gasteiger partial charge in [-0.1, -0.05) is 42.1 Å². The highest BCUT2D eigenvalue weighted by Gasteiger charge is 2.42. The lowest BCUT2D eigenvalue weighted by Crippen LogP contribution is -2.45. The Bertz CT molecular complexity index is 1080. The van der Waals surface area contributed by atoms with E-state index in [0.717, 1.165) is 5.56 Å². The molecule has 1 atom stereocenters. The fourth-order valence-corrected chi connectivity index (χ4v) is 4.38. The second-order valence-corrected chi connectivity index (χ2v) is 7.78. The third kappa shape index (κ3) is 4.00. The molecular formula is C22H21N3O5S. The second kappa shape index (κ2) is 8.81. The molecule has 160 valence electrons. The van der Waals surface area contributed by atoms with Crippen molar-refractivity contribution < 1.29 is 23.8 Å². The van der Waals surface area contributed by atoms with Crippen molar-refractivity contribution in [2.24, 2.45) is 9.98 Å². The van der Waals surface area contributed by atoms with Crippen molar-refractivity contribution in [1.82, 2.24) is 4.90 Å². The first kappa shape index (κ1) is 20.9. The minimum absolute atomic E-state index is 0.0635. The summed E-state index contributed by atoms with van der Waals surface area (Å²) in [6, 6.07) is 12.7. The van der Waals surface area contributed by atoms with Gasteiger partial charge in [0.2, 0.25) is 0 Å². The molecule has 1 unspecified atom stereocenters. The monoisotopic (exact) mass is 439 g/mol. The summed E-state index contributed by atoms with van der Waals surface area (Å²) in [5.74, 6) is 0.949. The second-order valence-electron chi connectivity index (χ2n) is 6.83. The van der Waals surface area contributed by atoms with Crippen molar-refractivity contribution in [3.05, 3.63) is 53.6 Å². The van der Waals surface area contributed by atoms with Crippen molar-refractivity contribution in [1.29, 1.82) is 0 Å². The first-order valence-corrected chi connectivity index (χ1v) is 10.5. The highest BCUT2D eigenvalue weighted by atomic mass is 32.2. The fourth-order valence-electron chi connectivity index (χ4n) is 3.50. The molecule has 0 bridgehead atoms. The lowest BCUT2D eigenvalue weighted by atomic mass is 10.0. The number of amidine groups is 2. The fraction of sp³-hybridized carbons (Fsp3) is 0.273. The van der Waals surface area contributed by atoms with E-state index in [0.29, 0.717) is 40.2 Å². The number of esters is 1. The van der Waals surface area contributed by atoms with Gasteiger partial charge in [0.1, 0.15) is 11.9 Å².